The summed E-state index contributed by atoms with van der Waals surface area (Å²) in [4.78, 5) is 2.10. The van der Waals surface area contributed by atoms with Crippen molar-refractivity contribution in [3.05, 3.63) is 35.4 Å². The minimum atomic E-state index is -4.33. The second-order valence-electron chi connectivity index (χ2n) is 5.24. The van der Waals surface area contributed by atoms with E-state index in [1.807, 2.05) is 6.92 Å². The summed E-state index contributed by atoms with van der Waals surface area (Å²) in [5.74, 6) is 0. The Labute approximate surface area is 116 Å². The molecule has 0 spiro atoms. The first kappa shape index (κ1) is 15.3. The molecule has 0 aromatic heterocycles. The number of benzene rings is 1. The van der Waals surface area contributed by atoms with Gasteiger partial charge in [0, 0.05) is 26.2 Å². The monoisotopic (exact) mass is 288 g/mol. The summed E-state index contributed by atoms with van der Waals surface area (Å²) < 4.78 is 37.8. The van der Waals surface area contributed by atoms with Crippen LogP contribution in [-0.4, -0.2) is 42.8 Å². The number of aliphatic hydroxyl groups excluding tert-OH is 1. The lowest BCUT2D eigenvalue weighted by Crippen LogP contribution is -2.54. The molecule has 1 aromatic rings. The van der Waals surface area contributed by atoms with Crippen molar-refractivity contribution in [2.75, 3.05) is 32.8 Å². The molecule has 1 aliphatic rings. The van der Waals surface area contributed by atoms with Gasteiger partial charge >= 0.3 is 6.18 Å². The number of halogens is 3. The SMILES string of the molecule is CC(CO)(c1ccc(C(F)(F)F)cc1)N1CCNCC1. The lowest BCUT2D eigenvalue weighted by atomic mass is 9.89. The zero-order valence-corrected chi connectivity index (χ0v) is 11.4. The van der Waals surface area contributed by atoms with Crippen LogP contribution in [0.25, 0.3) is 0 Å². The summed E-state index contributed by atoms with van der Waals surface area (Å²) >= 11 is 0. The molecule has 1 aromatic carbocycles. The molecule has 3 nitrogen and oxygen atoms in total. The first-order valence-electron chi connectivity index (χ1n) is 6.62. The molecule has 0 amide bonds. The molecule has 20 heavy (non-hydrogen) atoms. The number of aliphatic hydroxyl groups is 1. The summed E-state index contributed by atoms with van der Waals surface area (Å²) in [5.41, 5.74) is -0.608. The average Bonchev–Trinajstić information content (AvgIpc) is 2.46. The first-order valence-corrected chi connectivity index (χ1v) is 6.62. The third kappa shape index (κ3) is 2.97. The van der Waals surface area contributed by atoms with Gasteiger partial charge in [-0.15, -0.1) is 0 Å². The van der Waals surface area contributed by atoms with Crippen LogP contribution in [0.2, 0.25) is 0 Å². The second kappa shape index (κ2) is 5.71. The van der Waals surface area contributed by atoms with Crippen LogP contribution in [-0.2, 0) is 11.7 Å². The maximum absolute atomic E-state index is 12.6. The zero-order valence-electron chi connectivity index (χ0n) is 11.4. The van der Waals surface area contributed by atoms with E-state index in [1.54, 1.807) is 0 Å². The molecule has 0 radical (unpaired) electrons. The Morgan fingerprint density at radius 1 is 1.10 bits per heavy atom. The topological polar surface area (TPSA) is 35.5 Å². The van der Waals surface area contributed by atoms with Crippen molar-refractivity contribution in [3.63, 3.8) is 0 Å². The number of piperazine rings is 1. The normalized spacial score (nSPS) is 20.6. The first-order chi connectivity index (χ1) is 9.38. The van der Waals surface area contributed by atoms with Crippen LogP contribution < -0.4 is 5.32 Å². The summed E-state index contributed by atoms with van der Waals surface area (Å²) in [6.07, 6.45) is -4.33. The lowest BCUT2D eigenvalue weighted by Gasteiger charge is -2.43. The van der Waals surface area contributed by atoms with E-state index in [1.165, 1.54) is 12.1 Å². The van der Waals surface area contributed by atoms with E-state index in [-0.39, 0.29) is 6.61 Å². The number of rotatable bonds is 3. The molecule has 2 rings (SSSR count). The average molecular weight is 288 g/mol. The molecule has 1 unspecified atom stereocenters. The summed E-state index contributed by atoms with van der Waals surface area (Å²) in [7, 11) is 0. The Bertz CT molecular complexity index is 441. The molecule has 0 bridgehead atoms. The van der Waals surface area contributed by atoms with Gasteiger partial charge in [0.25, 0.3) is 0 Å². The highest BCUT2D eigenvalue weighted by atomic mass is 19.4. The minimum Gasteiger partial charge on any atom is -0.394 e. The molecule has 2 N–H and O–H groups in total. The number of alkyl halides is 3. The molecule has 1 saturated heterocycles. The van der Waals surface area contributed by atoms with Gasteiger partial charge in [0.05, 0.1) is 17.7 Å². The maximum atomic E-state index is 12.6. The van der Waals surface area contributed by atoms with Crippen molar-refractivity contribution in [2.45, 2.75) is 18.6 Å². The van der Waals surface area contributed by atoms with Crippen molar-refractivity contribution in [2.24, 2.45) is 0 Å². The summed E-state index contributed by atoms with van der Waals surface area (Å²) in [5, 5.41) is 13.0. The van der Waals surface area contributed by atoms with Gasteiger partial charge < -0.3 is 10.4 Å². The van der Waals surface area contributed by atoms with Gasteiger partial charge in [-0.2, -0.15) is 13.2 Å². The van der Waals surface area contributed by atoms with Gasteiger partial charge in [-0.05, 0) is 24.6 Å². The molecular formula is C14H19F3N2O. The molecule has 1 heterocycles. The molecule has 0 aliphatic carbocycles. The standard InChI is InChI=1S/C14H19F3N2O/c1-13(10-20,19-8-6-18-7-9-19)11-2-4-12(5-3-11)14(15,16)17/h2-5,18,20H,6-10H2,1H3. The van der Waals surface area contributed by atoms with Crippen molar-refractivity contribution < 1.29 is 18.3 Å². The molecule has 1 aliphatic heterocycles. The van der Waals surface area contributed by atoms with Crippen LogP contribution in [0.5, 0.6) is 0 Å². The van der Waals surface area contributed by atoms with Gasteiger partial charge in [0.1, 0.15) is 0 Å². The van der Waals surface area contributed by atoms with Crippen LogP contribution in [0.1, 0.15) is 18.1 Å². The Morgan fingerprint density at radius 3 is 2.05 bits per heavy atom. The Morgan fingerprint density at radius 2 is 1.60 bits per heavy atom. The Kier molecular flexibility index (Phi) is 4.36. The van der Waals surface area contributed by atoms with E-state index in [2.05, 4.69) is 10.2 Å². The van der Waals surface area contributed by atoms with Crippen LogP contribution in [0.15, 0.2) is 24.3 Å². The van der Waals surface area contributed by atoms with Gasteiger partial charge in [-0.25, -0.2) is 0 Å². The molecule has 6 heteroatoms. The van der Waals surface area contributed by atoms with Crippen LogP contribution in [0.3, 0.4) is 0 Å². The largest absolute Gasteiger partial charge is 0.416 e. The van der Waals surface area contributed by atoms with Gasteiger partial charge in [-0.3, -0.25) is 4.90 Å². The van der Waals surface area contributed by atoms with E-state index in [0.29, 0.717) is 5.56 Å². The number of hydrogen-bond acceptors (Lipinski definition) is 3. The minimum absolute atomic E-state index is 0.127. The Balaban J connectivity index is 2.26. The molecule has 1 atom stereocenters. The fraction of sp³-hybridized carbons (Fsp3) is 0.571. The second-order valence-corrected chi connectivity index (χ2v) is 5.24. The van der Waals surface area contributed by atoms with E-state index in [4.69, 9.17) is 0 Å². The number of hydrogen-bond donors (Lipinski definition) is 2. The van der Waals surface area contributed by atoms with E-state index in [0.717, 1.165) is 38.3 Å². The summed E-state index contributed by atoms with van der Waals surface area (Å²) in [6.45, 7) is 4.89. The predicted molar refractivity (Wildman–Crippen MR) is 70.3 cm³/mol. The molecule has 1 fully saturated rings. The lowest BCUT2D eigenvalue weighted by molar-refractivity contribution is -0.137. The number of nitrogens with one attached hydrogen (secondary N) is 1. The predicted octanol–water partition coefficient (Wildman–Crippen LogP) is 1.82. The van der Waals surface area contributed by atoms with E-state index >= 15 is 0 Å². The van der Waals surface area contributed by atoms with Crippen molar-refractivity contribution >= 4 is 0 Å². The van der Waals surface area contributed by atoms with Gasteiger partial charge in [0.15, 0.2) is 0 Å². The highest BCUT2D eigenvalue weighted by Gasteiger charge is 2.35. The van der Waals surface area contributed by atoms with E-state index in [9.17, 15) is 18.3 Å². The van der Waals surface area contributed by atoms with Crippen molar-refractivity contribution in [1.82, 2.24) is 10.2 Å². The highest BCUT2D eigenvalue weighted by Crippen LogP contribution is 2.33. The van der Waals surface area contributed by atoms with Crippen LogP contribution in [0, 0.1) is 0 Å². The molecule has 112 valence electrons. The smallest absolute Gasteiger partial charge is 0.394 e. The maximum Gasteiger partial charge on any atom is 0.416 e. The third-order valence-corrected chi connectivity index (χ3v) is 3.96. The van der Waals surface area contributed by atoms with Gasteiger partial charge in [-0.1, -0.05) is 12.1 Å². The van der Waals surface area contributed by atoms with Crippen LogP contribution >= 0.6 is 0 Å². The van der Waals surface area contributed by atoms with E-state index < -0.39 is 17.3 Å². The van der Waals surface area contributed by atoms with Gasteiger partial charge in [0.2, 0.25) is 0 Å². The zero-order chi connectivity index (χ0) is 14.8. The fourth-order valence-electron chi connectivity index (χ4n) is 2.55. The van der Waals surface area contributed by atoms with Crippen LogP contribution in [0.4, 0.5) is 13.2 Å². The highest BCUT2D eigenvalue weighted by molar-refractivity contribution is 5.30. The summed E-state index contributed by atoms with van der Waals surface area (Å²) in [6, 6.07) is 5.07. The van der Waals surface area contributed by atoms with Crippen molar-refractivity contribution in [3.8, 4) is 0 Å². The Hall–Kier alpha value is -1.11. The third-order valence-electron chi connectivity index (χ3n) is 3.96. The van der Waals surface area contributed by atoms with Crippen molar-refractivity contribution in [1.29, 1.82) is 0 Å². The number of nitrogens with zero attached hydrogens (tertiary/aromatic N) is 1. The quantitative estimate of drug-likeness (QED) is 0.890. The molecule has 0 saturated carbocycles. The molecular weight excluding hydrogens is 269 g/mol. The fourth-order valence-corrected chi connectivity index (χ4v) is 2.55.